The molecule has 0 aliphatic carbocycles. The number of aromatic hydroxyl groups is 2. The molecule has 1 aliphatic heterocycles. The molecule has 1 aliphatic rings. The lowest BCUT2D eigenvalue weighted by molar-refractivity contribution is 0.214. The Balaban J connectivity index is 0.000000194. The lowest BCUT2D eigenvalue weighted by atomic mass is 9.97. The van der Waals surface area contributed by atoms with Crippen LogP contribution in [0.4, 0.5) is 0 Å². The number of likely N-dealkylation sites (tertiary alicyclic amines) is 1. The van der Waals surface area contributed by atoms with Gasteiger partial charge in [0, 0.05) is 24.0 Å². The van der Waals surface area contributed by atoms with Crippen molar-refractivity contribution in [3.8, 4) is 40.6 Å². The van der Waals surface area contributed by atoms with Crippen molar-refractivity contribution in [1.82, 2.24) is 24.2 Å². The van der Waals surface area contributed by atoms with Gasteiger partial charge in [-0.2, -0.15) is 15.6 Å². The lowest BCUT2D eigenvalue weighted by Gasteiger charge is -2.19. The number of benzene rings is 5. The summed E-state index contributed by atoms with van der Waals surface area (Å²) in [5, 5.41) is 43.0. The molecule has 1 fully saturated rings. The minimum Gasteiger partial charge on any atom is -0.508 e. The zero-order valence-electron chi connectivity index (χ0n) is 32.0. The van der Waals surface area contributed by atoms with Gasteiger partial charge in [0.2, 0.25) is 0 Å². The molecule has 1 saturated heterocycles. The van der Waals surface area contributed by atoms with Gasteiger partial charge in [0.15, 0.2) is 0 Å². The number of hydrogen-bond donors (Lipinski definition) is 2. The van der Waals surface area contributed by atoms with E-state index in [1.807, 2.05) is 48.5 Å². The molecule has 0 unspecified atom stereocenters. The van der Waals surface area contributed by atoms with E-state index in [4.69, 9.17) is 15.3 Å². The van der Waals surface area contributed by atoms with Crippen LogP contribution >= 0.6 is 0 Å². The van der Waals surface area contributed by atoms with Crippen LogP contribution in [-0.2, 0) is 6.54 Å². The van der Waals surface area contributed by atoms with E-state index in [0.717, 1.165) is 57.8 Å². The number of fused-ring (bicyclic) bond motifs is 1. The third-order valence-electron chi connectivity index (χ3n) is 10.5. The molecule has 0 saturated carbocycles. The van der Waals surface area contributed by atoms with Gasteiger partial charge in [0.1, 0.15) is 42.6 Å². The molecule has 2 N–H and O–H groups in total. The van der Waals surface area contributed by atoms with Gasteiger partial charge in [-0.25, -0.2) is 9.67 Å². The van der Waals surface area contributed by atoms with Gasteiger partial charge in [-0.3, -0.25) is 4.90 Å². The number of nitrogens with zero attached hydrogens (tertiary/aromatic N) is 7. The Kier molecular flexibility index (Phi) is 12.2. The van der Waals surface area contributed by atoms with Crippen LogP contribution in [-0.4, -0.2) is 60.7 Å². The van der Waals surface area contributed by atoms with Crippen LogP contribution in [0.3, 0.4) is 0 Å². The van der Waals surface area contributed by atoms with Gasteiger partial charge in [0.05, 0.1) is 29.0 Å². The fraction of sp³-hybridized carbons (Fsp3) is 0.234. The van der Waals surface area contributed by atoms with Crippen LogP contribution in [0.2, 0.25) is 0 Å². The van der Waals surface area contributed by atoms with Gasteiger partial charge < -0.3 is 19.5 Å². The molecular formula is C47H45N7O3. The molecule has 3 heterocycles. The molecule has 10 heteroatoms. The maximum Gasteiger partial charge on any atom is 0.137 e. The summed E-state index contributed by atoms with van der Waals surface area (Å²) in [6, 6.07) is 40.0. The standard InChI is InChI=1S/C30H34N2O3.C17H11N5/c1-22-28-20-26(34)12-15-29(28)32(30(22)24-8-10-25(33)11-9-24)21-23-6-13-27(14-7-23)35-19-18-31-16-4-2-3-5-17-31;18-9-13-1-5-15(6-2-13)17(22-12-20-11-21-22)16-7-3-14(10-19)4-8-16/h6-15,20,33-34H,2-5,16-19,21H2,1H3;1-8,11-12,17H. The van der Waals surface area contributed by atoms with E-state index in [9.17, 15) is 10.2 Å². The number of ether oxygens (including phenoxy) is 1. The predicted molar refractivity (Wildman–Crippen MR) is 221 cm³/mol. The van der Waals surface area contributed by atoms with Crippen molar-refractivity contribution in [2.24, 2.45) is 0 Å². The molecule has 2 aromatic heterocycles. The SMILES string of the molecule is Cc1c(-c2ccc(O)cc2)n(Cc2ccc(OCCN3CCCCCC3)cc2)c2ccc(O)cc12.N#Cc1ccc(C(c2ccc(C#N)cc2)n2cncn2)cc1. The van der Waals surface area contributed by atoms with Crippen LogP contribution < -0.4 is 4.74 Å². The van der Waals surface area contributed by atoms with Crippen LogP contribution in [0.25, 0.3) is 22.2 Å². The molecule has 0 radical (unpaired) electrons. The van der Waals surface area contributed by atoms with Crippen LogP contribution in [0, 0.1) is 29.6 Å². The fourth-order valence-electron chi connectivity index (χ4n) is 7.52. The molecule has 8 rings (SSSR count). The van der Waals surface area contributed by atoms with Crippen molar-refractivity contribution in [3.63, 3.8) is 0 Å². The third-order valence-corrected chi connectivity index (χ3v) is 10.5. The van der Waals surface area contributed by atoms with E-state index >= 15 is 0 Å². The van der Waals surface area contributed by atoms with Gasteiger partial charge in [-0.15, -0.1) is 0 Å². The van der Waals surface area contributed by atoms with Gasteiger partial charge in [-0.05, 0) is 140 Å². The van der Waals surface area contributed by atoms with E-state index in [0.29, 0.717) is 17.7 Å². The molecule has 10 nitrogen and oxygen atoms in total. The van der Waals surface area contributed by atoms with Crippen molar-refractivity contribution in [2.45, 2.75) is 45.2 Å². The number of aryl methyl sites for hydroxylation is 1. The fourth-order valence-corrected chi connectivity index (χ4v) is 7.52. The zero-order valence-corrected chi connectivity index (χ0v) is 32.0. The number of phenols is 2. The highest BCUT2D eigenvalue weighted by molar-refractivity contribution is 5.92. The maximum absolute atomic E-state index is 10.1. The monoisotopic (exact) mass is 755 g/mol. The molecule has 0 spiro atoms. The first kappa shape index (κ1) is 38.4. The normalized spacial score (nSPS) is 13.0. The summed E-state index contributed by atoms with van der Waals surface area (Å²) in [7, 11) is 0. The second-order valence-electron chi connectivity index (χ2n) is 14.3. The highest BCUT2D eigenvalue weighted by Crippen LogP contribution is 2.36. The largest absolute Gasteiger partial charge is 0.508 e. The first-order valence-electron chi connectivity index (χ1n) is 19.3. The Morgan fingerprint density at radius 1 is 0.737 bits per heavy atom. The van der Waals surface area contributed by atoms with Crippen LogP contribution in [0.1, 0.15) is 65.1 Å². The first-order chi connectivity index (χ1) is 27.9. The number of phenolic OH excluding ortho intramolecular Hbond substituents is 2. The Labute approximate surface area is 333 Å². The Morgan fingerprint density at radius 3 is 1.93 bits per heavy atom. The summed E-state index contributed by atoms with van der Waals surface area (Å²) in [5.41, 5.74) is 8.68. The lowest BCUT2D eigenvalue weighted by Crippen LogP contribution is -2.29. The summed E-state index contributed by atoms with van der Waals surface area (Å²) < 4.78 is 10.1. The minimum atomic E-state index is -0.150. The van der Waals surface area contributed by atoms with E-state index < -0.39 is 0 Å². The molecule has 0 amide bonds. The summed E-state index contributed by atoms with van der Waals surface area (Å²) in [5.74, 6) is 1.41. The molecule has 0 bridgehead atoms. The van der Waals surface area contributed by atoms with Crippen molar-refractivity contribution in [2.75, 3.05) is 26.2 Å². The van der Waals surface area contributed by atoms with Crippen molar-refractivity contribution in [3.05, 3.63) is 161 Å². The van der Waals surface area contributed by atoms with E-state index in [1.165, 1.54) is 50.7 Å². The number of nitriles is 2. The highest BCUT2D eigenvalue weighted by Gasteiger charge is 2.19. The minimum absolute atomic E-state index is 0.150. The van der Waals surface area contributed by atoms with Gasteiger partial charge >= 0.3 is 0 Å². The predicted octanol–water partition coefficient (Wildman–Crippen LogP) is 8.99. The molecular weight excluding hydrogens is 711 g/mol. The molecule has 286 valence electrons. The Morgan fingerprint density at radius 2 is 1.35 bits per heavy atom. The Hall–Kier alpha value is -6.88. The quantitative estimate of drug-likeness (QED) is 0.141. The van der Waals surface area contributed by atoms with Crippen molar-refractivity contribution >= 4 is 10.9 Å². The smallest absolute Gasteiger partial charge is 0.137 e. The van der Waals surface area contributed by atoms with E-state index in [-0.39, 0.29) is 17.5 Å². The molecule has 57 heavy (non-hydrogen) atoms. The third kappa shape index (κ3) is 9.33. The van der Waals surface area contributed by atoms with Gasteiger partial charge in [0.25, 0.3) is 0 Å². The molecule has 5 aromatic carbocycles. The van der Waals surface area contributed by atoms with Crippen molar-refractivity contribution in [1.29, 1.82) is 10.5 Å². The first-order valence-corrected chi connectivity index (χ1v) is 19.3. The average Bonchev–Trinajstić information content (AvgIpc) is 3.76. The topological polar surface area (TPSA) is 136 Å². The maximum atomic E-state index is 10.1. The van der Waals surface area contributed by atoms with Crippen LogP contribution in [0.15, 0.2) is 128 Å². The highest BCUT2D eigenvalue weighted by atomic mass is 16.5. The Bertz CT molecular complexity index is 2400. The van der Waals surface area contributed by atoms with Crippen molar-refractivity contribution < 1.29 is 14.9 Å². The molecule has 0 atom stereocenters. The zero-order chi connectivity index (χ0) is 39.6. The number of hydrogen-bond acceptors (Lipinski definition) is 8. The summed E-state index contributed by atoms with van der Waals surface area (Å²) in [4.78, 5) is 6.53. The second-order valence-corrected chi connectivity index (χ2v) is 14.3. The summed E-state index contributed by atoms with van der Waals surface area (Å²) in [6.45, 7) is 6.86. The van der Waals surface area contributed by atoms with E-state index in [1.54, 1.807) is 53.5 Å². The van der Waals surface area contributed by atoms with E-state index in [2.05, 4.69) is 62.9 Å². The second kappa shape index (κ2) is 18.2. The summed E-state index contributed by atoms with van der Waals surface area (Å²) in [6.07, 6.45) is 8.44. The van der Waals surface area contributed by atoms with Crippen LogP contribution in [0.5, 0.6) is 17.2 Å². The van der Waals surface area contributed by atoms with Gasteiger partial charge in [-0.1, -0.05) is 49.2 Å². The molecule has 7 aromatic rings. The average molecular weight is 756 g/mol. The number of aromatic nitrogens is 4. The summed E-state index contributed by atoms with van der Waals surface area (Å²) >= 11 is 0. The number of rotatable bonds is 10.